The average Bonchev–Trinajstić information content (AvgIpc) is 2.92. The topological polar surface area (TPSA) is 68.0 Å². The van der Waals surface area contributed by atoms with Crippen molar-refractivity contribution in [1.29, 1.82) is 0 Å². The minimum absolute atomic E-state index is 0.0811. The van der Waals surface area contributed by atoms with Gasteiger partial charge in [0.25, 0.3) is 11.6 Å². The summed E-state index contributed by atoms with van der Waals surface area (Å²) in [5.41, 5.74) is 3.74. The fraction of sp³-hybridized carbons (Fsp3) is 0.316. The predicted octanol–water partition coefficient (Wildman–Crippen LogP) is 3.52. The second kappa shape index (κ2) is 5.74. The van der Waals surface area contributed by atoms with Gasteiger partial charge in [-0.1, -0.05) is 35.5 Å². The maximum Gasteiger partial charge on any atom is 0.258 e. The molecule has 0 radical (unpaired) electrons. The molecule has 1 aliphatic rings. The van der Waals surface area contributed by atoms with Gasteiger partial charge in [0.1, 0.15) is 0 Å². The fourth-order valence-corrected chi connectivity index (χ4v) is 3.41. The molecule has 24 heavy (non-hydrogen) atoms. The van der Waals surface area contributed by atoms with Gasteiger partial charge in [-0.15, -0.1) is 0 Å². The maximum atomic E-state index is 12.8. The monoisotopic (exact) mass is 321 g/mol. The molecule has 1 amide bonds. The zero-order valence-electron chi connectivity index (χ0n) is 13.7. The molecule has 1 aromatic carbocycles. The lowest BCUT2D eigenvalue weighted by molar-refractivity contribution is 0.0906. The highest BCUT2D eigenvalue weighted by atomic mass is 16.5. The van der Waals surface area contributed by atoms with Gasteiger partial charge in [0, 0.05) is 17.7 Å². The molecule has 1 saturated carbocycles. The van der Waals surface area contributed by atoms with Crippen LogP contribution in [0, 0.1) is 13.8 Å². The fourth-order valence-electron chi connectivity index (χ4n) is 3.41. The summed E-state index contributed by atoms with van der Waals surface area (Å²) in [4.78, 5) is 17.1. The Kier molecular flexibility index (Phi) is 3.56. The van der Waals surface area contributed by atoms with Crippen LogP contribution >= 0.6 is 0 Å². The molecule has 0 bridgehead atoms. The molecule has 2 atom stereocenters. The number of aromatic nitrogens is 2. The second-order valence-electron chi connectivity index (χ2n) is 6.43. The Labute approximate surface area is 140 Å². The highest BCUT2D eigenvalue weighted by Gasteiger charge is 2.33. The van der Waals surface area contributed by atoms with Crippen LogP contribution in [0.25, 0.3) is 11.1 Å². The Morgan fingerprint density at radius 3 is 2.71 bits per heavy atom. The van der Waals surface area contributed by atoms with E-state index in [-0.39, 0.29) is 11.9 Å². The first kappa shape index (κ1) is 14.9. The molecule has 1 fully saturated rings. The number of carbonyl (C=O) groups is 1. The van der Waals surface area contributed by atoms with Crippen LogP contribution in [0.2, 0.25) is 0 Å². The van der Waals surface area contributed by atoms with Gasteiger partial charge in [0.2, 0.25) is 0 Å². The molecule has 5 nitrogen and oxygen atoms in total. The zero-order chi connectivity index (χ0) is 16.7. The van der Waals surface area contributed by atoms with Crippen LogP contribution in [0.4, 0.5) is 0 Å². The molecule has 2 heterocycles. The standard InChI is InChI=1S/C19H19N3O2/c1-11-10-15(17-12(2)22-24-19(17)20-11)18(23)21-16-9-8-14(16)13-6-4-3-5-7-13/h3-7,10,14,16H,8-9H2,1-2H3,(H,21,23)/t14-,16+/m1/s1. The van der Waals surface area contributed by atoms with Crippen molar-refractivity contribution in [1.82, 2.24) is 15.5 Å². The Morgan fingerprint density at radius 1 is 1.21 bits per heavy atom. The summed E-state index contributed by atoms with van der Waals surface area (Å²) in [5, 5.41) is 7.82. The third kappa shape index (κ3) is 2.46. The van der Waals surface area contributed by atoms with Crippen molar-refractivity contribution < 1.29 is 9.32 Å². The molecule has 2 aromatic heterocycles. The van der Waals surface area contributed by atoms with Crippen LogP contribution in [-0.4, -0.2) is 22.1 Å². The number of benzene rings is 1. The van der Waals surface area contributed by atoms with Crippen LogP contribution < -0.4 is 5.32 Å². The van der Waals surface area contributed by atoms with Gasteiger partial charge < -0.3 is 9.84 Å². The number of rotatable bonds is 3. The molecule has 1 N–H and O–H groups in total. The summed E-state index contributed by atoms with van der Waals surface area (Å²) < 4.78 is 5.21. The van der Waals surface area contributed by atoms with Gasteiger partial charge in [-0.05, 0) is 38.3 Å². The summed E-state index contributed by atoms with van der Waals surface area (Å²) in [5.74, 6) is 0.305. The number of nitrogens with one attached hydrogen (secondary N) is 1. The third-order valence-electron chi connectivity index (χ3n) is 4.81. The SMILES string of the molecule is Cc1cc(C(=O)N[C@H]2CC[C@@H]2c2ccccc2)c2c(C)noc2n1. The highest BCUT2D eigenvalue weighted by Crippen LogP contribution is 2.37. The molecular formula is C19H19N3O2. The Morgan fingerprint density at radius 2 is 2.00 bits per heavy atom. The van der Waals surface area contributed by atoms with Crippen LogP contribution in [0.3, 0.4) is 0 Å². The van der Waals surface area contributed by atoms with Crippen molar-refractivity contribution in [3.63, 3.8) is 0 Å². The molecule has 5 heteroatoms. The first-order valence-corrected chi connectivity index (χ1v) is 8.23. The van der Waals surface area contributed by atoms with Crippen molar-refractivity contribution >= 4 is 17.0 Å². The average molecular weight is 321 g/mol. The van der Waals surface area contributed by atoms with E-state index in [0.717, 1.165) is 18.5 Å². The van der Waals surface area contributed by atoms with Gasteiger partial charge in [-0.25, -0.2) is 4.98 Å². The number of nitrogens with zero attached hydrogens (tertiary/aromatic N) is 2. The van der Waals surface area contributed by atoms with E-state index in [9.17, 15) is 4.79 Å². The van der Waals surface area contributed by atoms with E-state index in [1.807, 2.05) is 32.0 Å². The number of fused-ring (bicyclic) bond motifs is 1. The number of pyridine rings is 1. The van der Waals surface area contributed by atoms with E-state index in [1.54, 1.807) is 6.07 Å². The highest BCUT2D eigenvalue weighted by molar-refractivity contribution is 6.06. The van der Waals surface area contributed by atoms with Gasteiger partial charge in [-0.3, -0.25) is 4.79 Å². The predicted molar refractivity (Wildman–Crippen MR) is 90.9 cm³/mol. The van der Waals surface area contributed by atoms with E-state index in [2.05, 4.69) is 27.6 Å². The summed E-state index contributed by atoms with van der Waals surface area (Å²) in [6.07, 6.45) is 2.10. The number of hydrogen-bond donors (Lipinski definition) is 1. The molecule has 4 rings (SSSR count). The minimum Gasteiger partial charge on any atom is -0.349 e. The van der Waals surface area contributed by atoms with Gasteiger partial charge >= 0.3 is 0 Å². The van der Waals surface area contributed by atoms with Gasteiger partial charge in [-0.2, -0.15) is 0 Å². The largest absolute Gasteiger partial charge is 0.349 e. The van der Waals surface area contributed by atoms with Crippen LogP contribution in [-0.2, 0) is 0 Å². The Bertz CT molecular complexity index is 902. The number of hydrogen-bond acceptors (Lipinski definition) is 4. The van der Waals surface area contributed by atoms with Crippen molar-refractivity contribution in [2.75, 3.05) is 0 Å². The van der Waals surface area contributed by atoms with E-state index < -0.39 is 0 Å². The second-order valence-corrected chi connectivity index (χ2v) is 6.43. The molecule has 1 aliphatic carbocycles. The van der Waals surface area contributed by atoms with E-state index >= 15 is 0 Å². The van der Waals surface area contributed by atoms with Crippen molar-refractivity contribution in [2.45, 2.75) is 38.6 Å². The molecule has 0 unspecified atom stereocenters. The lowest BCUT2D eigenvalue weighted by Crippen LogP contribution is -2.45. The first-order valence-electron chi connectivity index (χ1n) is 8.23. The lowest BCUT2D eigenvalue weighted by Gasteiger charge is -2.37. The molecule has 0 saturated heterocycles. The molecular weight excluding hydrogens is 302 g/mol. The maximum absolute atomic E-state index is 12.8. The van der Waals surface area contributed by atoms with Crippen molar-refractivity contribution in [2.24, 2.45) is 0 Å². The summed E-state index contributed by atoms with van der Waals surface area (Å²) in [6, 6.07) is 12.3. The van der Waals surface area contributed by atoms with Crippen LogP contribution in [0.15, 0.2) is 40.9 Å². The molecule has 0 spiro atoms. The summed E-state index contributed by atoms with van der Waals surface area (Å²) in [7, 11) is 0. The normalized spacial score (nSPS) is 19.9. The Hall–Kier alpha value is -2.69. The van der Waals surface area contributed by atoms with Crippen molar-refractivity contribution in [3.8, 4) is 0 Å². The number of aryl methyl sites for hydroxylation is 2. The van der Waals surface area contributed by atoms with Crippen LogP contribution in [0.1, 0.15) is 46.1 Å². The third-order valence-corrected chi connectivity index (χ3v) is 4.81. The van der Waals surface area contributed by atoms with Crippen molar-refractivity contribution in [3.05, 3.63) is 58.9 Å². The van der Waals surface area contributed by atoms with E-state index in [1.165, 1.54) is 5.56 Å². The van der Waals surface area contributed by atoms with E-state index in [0.29, 0.717) is 28.3 Å². The zero-order valence-corrected chi connectivity index (χ0v) is 13.7. The van der Waals surface area contributed by atoms with E-state index in [4.69, 9.17) is 4.52 Å². The smallest absolute Gasteiger partial charge is 0.258 e. The molecule has 0 aliphatic heterocycles. The summed E-state index contributed by atoms with van der Waals surface area (Å²) in [6.45, 7) is 3.68. The first-order chi connectivity index (χ1) is 11.6. The number of amides is 1. The summed E-state index contributed by atoms with van der Waals surface area (Å²) >= 11 is 0. The minimum atomic E-state index is -0.0811. The van der Waals surface area contributed by atoms with Crippen LogP contribution in [0.5, 0.6) is 0 Å². The quantitative estimate of drug-likeness (QED) is 0.801. The van der Waals surface area contributed by atoms with Gasteiger partial charge in [0.15, 0.2) is 0 Å². The lowest BCUT2D eigenvalue weighted by atomic mass is 9.75. The molecule has 122 valence electrons. The number of carbonyl (C=O) groups excluding carboxylic acids is 1. The Balaban J connectivity index is 1.60. The van der Waals surface area contributed by atoms with Gasteiger partial charge in [0.05, 0.1) is 16.6 Å². The molecule has 3 aromatic rings.